The van der Waals surface area contributed by atoms with Crippen molar-refractivity contribution >= 4 is 29.3 Å². The number of hydrogen-bond donors (Lipinski definition) is 2. The number of benzene rings is 2. The number of anilines is 1. The molecule has 9 heteroatoms. The third-order valence-corrected chi connectivity index (χ3v) is 3.50. The summed E-state index contributed by atoms with van der Waals surface area (Å²) in [6.07, 6.45) is 0. The van der Waals surface area contributed by atoms with Crippen LogP contribution in [0.25, 0.3) is 0 Å². The summed E-state index contributed by atoms with van der Waals surface area (Å²) in [5.74, 6) is -2.23. The SMILES string of the molecule is COC(=O)c1ccc(Cl)c(NC(=O)NCCOc2ccc(F)cc2F)c1. The highest BCUT2D eigenvalue weighted by Crippen LogP contribution is 2.23. The zero-order chi connectivity index (χ0) is 19.1. The van der Waals surface area contributed by atoms with Crippen molar-refractivity contribution in [2.45, 2.75) is 0 Å². The van der Waals surface area contributed by atoms with Crippen LogP contribution < -0.4 is 15.4 Å². The standard InChI is InChI=1S/C17H15ClF2N2O4/c1-25-16(23)10-2-4-12(18)14(8-10)22-17(24)21-6-7-26-15-5-3-11(19)9-13(15)20/h2-5,8-9H,6-7H2,1H3,(H2,21,22,24). The average Bonchev–Trinajstić information content (AvgIpc) is 2.61. The molecule has 0 fully saturated rings. The van der Waals surface area contributed by atoms with Crippen LogP contribution in [0.5, 0.6) is 5.75 Å². The van der Waals surface area contributed by atoms with Gasteiger partial charge in [0.25, 0.3) is 0 Å². The number of halogens is 3. The Bertz CT molecular complexity index is 817. The Morgan fingerprint density at radius 2 is 1.92 bits per heavy atom. The maximum absolute atomic E-state index is 13.4. The summed E-state index contributed by atoms with van der Waals surface area (Å²) in [6.45, 7) is 0.0167. The lowest BCUT2D eigenvalue weighted by molar-refractivity contribution is 0.0600. The van der Waals surface area contributed by atoms with Gasteiger partial charge in [-0.3, -0.25) is 0 Å². The molecule has 0 aliphatic carbocycles. The number of amides is 2. The minimum Gasteiger partial charge on any atom is -0.489 e. The van der Waals surface area contributed by atoms with Crippen LogP contribution in [0.1, 0.15) is 10.4 Å². The fourth-order valence-corrected chi connectivity index (χ4v) is 2.12. The maximum atomic E-state index is 13.4. The second-order valence-corrected chi connectivity index (χ2v) is 5.40. The van der Waals surface area contributed by atoms with Crippen LogP contribution in [-0.2, 0) is 4.74 Å². The molecule has 0 unspecified atom stereocenters. The Labute approximate surface area is 153 Å². The van der Waals surface area contributed by atoms with Crippen molar-refractivity contribution in [1.82, 2.24) is 5.32 Å². The Hall–Kier alpha value is -2.87. The Morgan fingerprint density at radius 3 is 2.62 bits per heavy atom. The second kappa shape index (κ2) is 9.00. The molecule has 0 saturated heterocycles. The Kier molecular flexibility index (Phi) is 6.74. The molecule has 0 spiro atoms. The average molecular weight is 385 g/mol. The Balaban J connectivity index is 1.84. The van der Waals surface area contributed by atoms with E-state index in [1.807, 2.05) is 0 Å². The van der Waals surface area contributed by atoms with E-state index in [1.54, 1.807) is 0 Å². The number of hydrogen-bond acceptors (Lipinski definition) is 4. The fraction of sp³-hybridized carbons (Fsp3) is 0.176. The summed E-state index contributed by atoms with van der Waals surface area (Å²) in [7, 11) is 1.24. The summed E-state index contributed by atoms with van der Waals surface area (Å²) in [5.41, 5.74) is 0.444. The van der Waals surface area contributed by atoms with Gasteiger partial charge in [0.15, 0.2) is 11.6 Å². The van der Waals surface area contributed by atoms with Crippen LogP contribution in [0.2, 0.25) is 5.02 Å². The molecule has 2 rings (SSSR count). The summed E-state index contributed by atoms with van der Waals surface area (Å²) >= 11 is 5.97. The summed E-state index contributed by atoms with van der Waals surface area (Å²) in [4.78, 5) is 23.4. The molecule has 0 heterocycles. The molecule has 2 aromatic carbocycles. The topological polar surface area (TPSA) is 76.7 Å². The van der Waals surface area contributed by atoms with Gasteiger partial charge in [0, 0.05) is 6.07 Å². The number of methoxy groups -OCH3 is 1. The molecule has 138 valence electrons. The van der Waals surface area contributed by atoms with E-state index in [0.29, 0.717) is 6.07 Å². The van der Waals surface area contributed by atoms with Crippen LogP contribution in [0, 0.1) is 11.6 Å². The zero-order valence-corrected chi connectivity index (χ0v) is 14.4. The van der Waals surface area contributed by atoms with E-state index in [4.69, 9.17) is 16.3 Å². The highest BCUT2D eigenvalue weighted by Gasteiger charge is 2.11. The van der Waals surface area contributed by atoms with E-state index in [0.717, 1.165) is 12.1 Å². The normalized spacial score (nSPS) is 10.2. The first-order valence-electron chi connectivity index (χ1n) is 7.41. The van der Waals surface area contributed by atoms with Crippen molar-refractivity contribution in [3.8, 4) is 5.75 Å². The summed E-state index contributed by atoms with van der Waals surface area (Å²) < 4.78 is 35.9. The minimum absolute atomic E-state index is 0.0358. The van der Waals surface area contributed by atoms with Gasteiger partial charge in [0.05, 0.1) is 29.9 Å². The van der Waals surface area contributed by atoms with Crippen LogP contribution in [-0.4, -0.2) is 32.3 Å². The number of nitrogens with one attached hydrogen (secondary N) is 2. The lowest BCUT2D eigenvalue weighted by atomic mass is 10.2. The lowest BCUT2D eigenvalue weighted by Gasteiger charge is -2.11. The van der Waals surface area contributed by atoms with Crippen LogP contribution in [0.15, 0.2) is 36.4 Å². The first-order valence-corrected chi connectivity index (χ1v) is 7.79. The van der Waals surface area contributed by atoms with E-state index in [9.17, 15) is 18.4 Å². The van der Waals surface area contributed by atoms with Gasteiger partial charge >= 0.3 is 12.0 Å². The third-order valence-electron chi connectivity index (χ3n) is 3.17. The van der Waals surface area contributed by atoms with E-state index >= 15 is 0 Å². The molecule has 2 aromatic rings. The van der Waals surface area contributed by atoms with Gasteiger partial charge in [-0.15, -0.1) is 0 Å². The van der Waals surface area contributed by atoms with Gasteiger partial charge in [-0.2, -0.15) is 0 Å². The van der Waals surface area contributed by atoms with Gasteiger partial charge < -0.3 is 20.1 Å². The summed E-state index contributed by atoms with van der Waals surface area (Å²) in [5, 5.41) is 5.19. The van der Waals surface area contributed by atoms with Gasteiger partial charge in [0.1, 0.15) is 12.4 Å². The molecule has 0 saturated carbocycles. The maximum Gasteiger partial charge on any atom is 0.337 e. The highest BCUT2D eigenvalue weighted by molar-refractivity contribution is 6.33. The number of ether oxygens (including phenoxy) is 2. The molecule has 26 heavy (non-hydrogen) atoms. The second-order valence-electron chi connectivity index (χ2n) is 4.99. The molecule has 0 aliphatic rings. The van der Waals surface area contributed by atoms with E-state index in [-0.39, 0.29) is 35.2 Å². The van der Waals surface area contributed by atoms with Crippen LogP contribution in [0.4, 0.5) is 19.3 Å². The molecule has 0 aliphatic heterocycles. The number of esters is 1. The smallest absolute Gasteiger partial charge is 0.337 e. The van der Waals surface area contributed by atoms with Crippen molar-refractivity contribution in [1.29, 1.82) is 0 Å². The summed E-state index contributed by atoms with van der Waals surface area (Å²) in [6, 6.07) is 6.60. The molecule has 0 atom stereocenters. The molecule has 6 nitrogen and oxygen atoms in total. The third kappa shape index (κ3) is 5.32. The van der Waals surface area contributed by atoms with Gasteiger partial charge in [0.2, 0.25) is 0 Å². The van der Waals surface area contributed by atoms with Gasteiger partial charge in [-0.05, 0) is 30.3 Å². The van der Waals surface area contributed by atoms with Gasteiger partial charge in [-0.1, -0.05) is 11.6 Å². The first-order chi connectivity index (χ1) is 12.4. The van der Waals surface area contributed by atoms with E-state index in [1.165, 1.54) is 25.3 Å². The molecule has 0 radical (unpaired) electrons. The molecular weight excluding hydrogens is 370 g/mol. The number of carbonyl (C=O) groups excluding carboxylic acids is 2. The quantitative estimate of drug-likeness (QED) is 0.589. The lowest BCUT2D eigenvalue weighted by Crippen LogP contribution is -2.32. The van der Waals surface area contributed by atoms with Crippen molar-refractivity contribution in [2.75, 3.05) is 25.6 Å². The zero-order valence-electron chi connectivity index (χ0n) is 13.6. The van der Waals surface area contributed by atoms with Crippen molar-refractivity contribution < 1.29 is 27.8 Å². The fourth-order valence-electron chi connectivity index (χ4n) is 1.95. The highest BCUT2D eigenvalue weighted by atomic mass is 35.5. The predicted octanol–water partition coefficient (Wildman–Crippen LogP) is 3.61. The minimum atomic E-state index is -0.833. The van der Waals surface area contributed by atoms with E-state index < -0.39 is 23.6 Å². The number of urea groups is 1. The van der Waals surface area contributed by atoms with Crippen molar-refractivity contribution in [3.05, 3.63) is 58.6 Å². The van der Waals surface area contributed by atoms with Crippen LogP contribution in [0.3, 0.4) is 0 Å². The van der Waals surface area contributed by atoms with Crippen LogP contribution >= 0.6 is 11.6 Å². The Morgan fingerprint density at radius 1 is 1.15 bits per heavy atom. The molecule has 2 N–H and O–H groups in total. The van der Waals surface area contributed by atoms with Gasteiger partial charge in [-0.25, -0.2) is 18.4 Å². The number of rotatable bonds is 6. The molecule has 0 bridgehead atoms. The molecule has 2 amide bonds. The molecule has 0 aromatic heterocycles. The monoisotopic (exact) mass is 384 g/mol. The molecular formula is C17H15ClF2N2O4. The van der Waals surface area contributed by atoms with Crippen molar-refractivity contribution in [3.63, 3.8) is 0 Å². The predicted molar refractivity (Wildman–Crippen MR) is 91.7 cm³/mol. The number of carbonyl (C=O) groups is 2. The largest absolute Gasteiger partial charge is 0.489 e. The first kappa shape index (κ1) is 19.5. The van der Waals surface area contributed by atoms with E-state index in [2.05, 4.69) is 15.4 Å². The van der Waals surface area contributed by atoms with Crippen molar-refractivity contribution in [2.24, 2.45) is 0 Å².